The fraction of sp³-hybridized carbons (Fsp3) is 0.455. The normalized spacial score (nSPS) is 28.1. The monoisotopic (exact) mass is 255 g/mol. The molecule has 0 amide bonds. The summed E-state index contributed by atoms with van der Waals surface area (Å²) in [4.78, 5) is 2.27. The Morgan fingerprint density at radius 2 is 2.14 bits per heavy atom. The first kappa shape index (κ1) is 10.1. The molecule has 0 aromatic heterocycles. The highest BCUT2D eigenvalue weighted by Gasteiger charge is 2.31. The summed E-state index contributed by atoms with van der Waals surface area (Å²) in [5.41, 5.74) is 1.23. The van der Waals surface area contributed by atoms with Crippen molar-refractivity contribution < 1.29 is 4.74 Å². The molecule has 0 aliphatic carbocycles. The zero-order valence-corrected chi connectivity index (χ0v) is 9.78. The number of hydrogen-bond acceptors (Lipinski definition) is 2. The Morgan fingerprint density at radius 3 is 2.71 bits per heavy atom. The van der Waals surface area contributed by atoms with Gasteiger partial charge in [-0.25, -0.2) is 0 Å². The molecule has 2 rings (SSSR count). The lowest BCUT2D eigenvalue weighted by atomic mass is 10.2. The predicted molar refractivity (Wildman–Crippen MR) is 60.5 cm³/mol. The average Bonchev–Trinajstić information content (AvgIpc) is 2.61. The largest absolute Gasteiger partial charge is 0.357 e. The molecular formula is C11H14BrNO. The molecule has 2 atom stereocenters. The van der Waals surface area contributed by atoms with Crippen LogP contribution in [0.5, 0.6) is 0 Å². The molecule has 2 unspecified atom stereocenters. The van der Waals surface area contributed by atoms with Crippen LogP contribution in [0.3, 0.4) is 0 Å². The first-order valence-corrected chi connectivity index (χ1v) is 5.89. The van der Waals surface area contributed by atoms with Gasteiger partial charge in [0.1, 0.15) is 6.23 Å². The molecule has 0 bridgehead atoms. The van der Waals surface area contributed by atoms with E-state index in [-0.39, 0.29) is 6.23 Å². The van der Waals surface area contributed by atoms with Crippen molar-refractivity contribution in [3.05, 3.63) is 35.9 Å². The van der Waals surface area contributed by atoms with Crippen LogP contribution in [0.2, 0.25) is 0 Å². The first-order chi connectivity index (χ1) is 6.83. The third-order valence-corrected chi connectivity index (χ3v) is 3.40. The lowest BCUT2D eigenvalue weighted by Crippen LogP contribution is -2.29. The fourth-order valence-corrected chi connectivity index (χ4v) is 2.37. The molecule has 1 aliphatic heterocycles. The van der Waals surface area contributed by atoms with E-state index in [4.69, 9.17) is 4.74 Å². The third-order valence-electron chi connectivity index (χ3n) is 2.66. The second-order valence-corrected chi connectivity index (χ2v) is 4.22. The molecule has 0 radical (unpaired) electrons. The van der Waals surface area contributed by atoms with Gasteiger partial charge < -0.3 is 4.74 Å². The summed E-state index contributed by atoms with van der Waals surface area (Å²) in [5.74, 6) is 0. The highest BCUT2D eigenvalue weighted by Crippen LogP contribution is 2.29. The number of benzene rings is 1. The molecule has 1 saturated heterocycles. The van der Waals surface area contributed by atoms with Crippen LogP contribution in [0.15, 0.2) is 30.3 Å². The molecule has 1 fully saturated rings. The molecule has 1 aromatic rings. The number of halogens is 1. The van der Waals surface area contributed by atoms with Crippen LogP contribution < -0.4 is 0 Å². The molecule has 2 nitrogen and oxygen atoms in total. The van der Waals surface area contributed by atoms with Gasteiger partial charge in [-0.1, -0.05) is 46.3 Å². The maximum atomic E-state index is 5.75. The molecule has 0 spiro atoms. The van der Waals surface area contributed by atoms with E-state index in [0.717, 1.165) is 11.9 Å². The SMILES string of the molecule is CN1C(CBr)COC1c1ccccc1. The maximum Gasteiger partial charge on any atom is 0.136 e. The van der Waals surface area contributed by atoms with Crippen molar-refractivity contribution >= 4 is 15.9 Å². The standard InChI is InChI=1S/C11H14BrNO/c1-13-10(7-12)8-14-11(13)9-5-3-2-4-6-9/h2-6,10-11H,7-8H2,1H3. The Labute approximate surface area is 93.0 Å². The Kier molecular flexibility index (Phi) is 3.21. The van der Waals surface area contributed by atoms with Crippen molar-refractivity contribution in [2.24, 2.45) is 0 Å². The molecule has 76 valence electrons. The van der Waals surface area contributed by atoms with Crippen molar-refractivity contribution in [1.82, 2.24) is 4.90 Å². The number of hydrogen-bond donors (Lipinski definition) is 0. The van der Waals surface area contributed by atoms with E-state index in [1.165, 1.54) is 5.56 Å². The smallest absolute Gasteiger partial charge is 0.136 e. The zero-order chi connectivity index (χ0) is 9.97. The van der Waals surface area contributed by atoms with Gasteiger partial charge in [0.05, 0.1) is 6.61 Å². The summed E-state index contributed by atoms with van der Waals surface area (Å²) in [6.45, 7) is 0.807. The van der Waals surface area contributed by atoms with Crippen LogP contribution in [-0.4, -0.2) is 29.9 Å². The third kappa shape index (κ3) is 1.85. The Bertz CT molecular complexity index is 291. The van der Waals surface area contributed by atoms with Gasteiger partial charge >= 0.3 is 0 Å². The van der Waals surface area contributed by atoms with Gasteiger partial charge in [0, 0.05) is 11.4 Å². The van der Waals surface area contributed by atoms with E-state index in [2.05, 4.69) is 40.0 Å². The second kappa shape index (κ2) is 4.43. The van der Waals surface area contributed by atoms with Crippen molar-refractivity contribution in [2.75, 3.05) is 19.0 Å². The van der Waals surface area contributed by atoms with E-state index in [1.54, 1.807) is 0 Å². The lowest BCUT2D eigenvalue weighted by Gasteiger charge is -2.22. The van der Waals surface area contributed by atoms with E-state index in [0.29, 0.717) is 6.04 Å². The molecule has 1 aromatic carbocycles. The van der Waals surface area contributed by atoms with Crippen LogP contribution in [0.25, 0.3) is 0 Å². The van der Waals surface area contributed by atoms with Crippen LogP contribution in [0.4, 0.5) is 0 Å². The number of ether oxygens (including phenoxy) is 1. The quantitative estimate of drug-likeness (QED) is 0.753. The number of rotatable bonds is 2. The average molecular weight is 256 g/mol. The maximum absolute atomic E-state index is 5.75. The zero-order valence-electron chi connectivity index (χ0n) is 8.19. The van der Waals surface area contributed by atoms with Gasteiger partial charge in [-0.2, -0.15) is 0 Å². The van der Waals surface area contributed by atoms with Crippen LogP contribution in [-0.2, 0) is 4.74 Å². The van der Waals surface area contributed by atoms with Crippen LogP contribution >= 0.6 is 15.9 Å². The molecule has 3 heteroatoms. The summed E-state index contributed by atoms with van der Waals surface area (Å²) in [7, 11) is 2.11. The summed E-state index contributed by atoms with van der Waals surface area (Å²) in [6, 6.07) is 10.8. The Hall–Kier alpha value is -0.380. The highest BCUT2D eigenvalue weighted by atomic mass is 79.9. The van der Waals surface area contributed by atoms with E-state index < -0.39 is 0 Å². The van der Waals surface area contributed by atoms with Crippen LogP contribution in [0.1, 0.15) is 11.8 Å². The number of nitrogens with zero attached hydrogens (tertiary/aromatic N) is 1. The van der Waals surface area contributed by atoms with Crippen LogP contribution in [0, 0.1) is 0 Å². The molecule has 1 aliphatic rings. The minimum atomic E-state index is 0.124. The van der Waals surface area contributed by atoms with Crippen molar-refractivity contribution in [2.45, 2.75) is 12.3 Å². The Morgan fingerprint density at radius 1 is 1.43 bits per heavy atom. The second-order valence-electron chi connectivity index (χ2n) is 3.57. The molecule has 0 saturated carbocycles. The molecular weight excluding hydrogens is 242 g/mol. The van der Waals surface area contributed by atoms with Crippen molar-refractivity contribution in [3.8, 4) is 0 Å². The fourth-order valence-electron chi connectivity index (χ4n) is 1.73. The number of alkyl halides is 1. The number of likely N-dealkylation sites (N-methyl/N-ethyl adjacent to an activating group) is 1. The predicted octanol–water partition coefficient (Wildman–Crippen LogP) is 2.41. The summed E-state index contributed by atoms with van der Waals surface area (Å²) in [6.07, 6.45) is 0.124. The minimum absolute atomic E-state index is 0.124. The van der Waals surface area contributed by atoms with Gasteiger partial charge in [0.2, 0.25) is 0 Å². The van der Waals surface area contributed by atoms with Gasteiger partial charge in [0.25, 0.3) is 0 Å². The van der Waals surface area contributed by atoms with E-state index in [1.807, 2.05) is 18.2 Å². The van der Waals surface area contributed by atoms with Crippen molar-refractivity contribution in [3.63, 3.8) is 0 Å². The van der Waals surface area contributed by atoms with Crippen molar-refractivity contribution in [1.29, 1.82) is 0 Å². The first-order valence-electron chi connectivity index (χ1n) is 4.77. The summed E-state index contributed by atoms with van der Waals surface area (Å²) >= 11 is 3.49. The highest BCUT2D eigenvalue weighted by molar-refractivity contribution is 9.09. The molecule has 14 heavy (non-hydrogen) atoms. The van der Waals surface area contributed by atoms with Gasteiger partial charge in [0.15, 0.2) is 0 Å². The van der Waals surface area contributed by atoms with Gasteiger partial charge in [-0.3, -0.25) is 4.90 Å². The topological polar surface area (TPSA) is 12.5 Å². The van der Waals surface area contributed by atoms with Gasteiger partial charge in [-0.05, 0) is 12.6 Å². The van der Waals surface area contributed by atoms with E-state index in [9.17, 15) is 0 Å². The molecule has 1 heterocycles. The lowest BCUT2D eigenvalue weighted by molar-refractivity contribution is 0.0438. The summed E-state index contributed by atoms with van der Waals surface area (Å²) in [5, 5.41) is 0.965. The molecule has 0 N–H and O–H groups in total. The van der Waals surface area contributed by atoms with Gasteiger partial charge in [-0.15, -0.1) is 0 Å². The van der Waals surface area contributed by atoms with E-state index >= 15 is 0 Å². The Balaban J connectivity index is 2.14. The summed E-state index contributed by atoms with van der Waals surface area (Å²) < 4.78 is 5.75. The minimum Gasteiger partial charge on any atom is -0.357 e.